The van der Waals surface area contributed by atoms with Crippen molar-refractivity contribution in [2.75, 3.05) is 0 Å². The average molecular weight is 280 g/mol. The lowest BCUT2D eigenvalue weighted by molar-refractivity contribution is 0.223. The van der Waals surface area contributed by atoms with Crippen molar-refractivity contribution in [2.24, 2.45) is 23.7 Å². The third-order valence-corrected chi connectivity index (χ3v) is 6.31. The second-order valence-electron chi connectivity index (χ2n) is 7.27. The fourth-order valence-electron chi connectivity index (χ4n) is 4.59. The van der Waals surface area contributed by atoms with Gasteiger partial charge in [-0.05, 0) is 61.6 Å². The maximum atomic E-state index is 5.56. The zero-order valence-corrected chi connectivity index (χ0v) is 13.1. The van der Waals surface area contributed by atoms with Crippen LogP contribution in [0, 0.1) is 23.7 Å². The second-order valence-corrected chi connectivity index (χ2v) is 7.68. The van der Waals surface area contributed by atoms with Crippen molar-refractivity contribution in [1.82, 2.24) is 10.6 Å². The summed E-state index contributed by atoms with van der Waals surface area (Å²) < 4.78 is 0. The first-order valence-electron chi connectivity index (χ1n) is 8.20. The first-order valence-corrected chi connectivity index (χ1v) is 8.61. The summed E-state index contributed by atoms with van der Waals surface area (Å²) in [5.41, 5.74) is 0. The average Bonchev–Trinajstić information content (AvgIpc) is 2.97. The summed E-state index contributed by atoms with van der Waals surface area (Å²) in [7, 11) is 0. The van der Waals surface area contributed by atoms with E-state index in [0.717, 1.165) is 28.8 Å². The highest BCUT2D eigenvalue weighted by Crippen LogP contribution is 2.44. The van der Waals surface area contributed by atoms with E-state index < -0.39 is 0 Å². The number of hydrogen-bond donors (Lipinski definition) is 2. The minimum absolute atomic E-state index is 0.586. The molecule has 0 aromatic rings. The first kappa shape index (κ1) is 13.7. The largest absolute Gasteiger partial charge is 0.360 e. The van der Waals surface area contributed by atoms with E-state index in [0.29, 0.717) is 12.1 Å². The predicted molar refractivity (Wildman–Crippen MR) is 84.1 cm³/mol. The molecule has 3 rings (SSSR count). The molecule has 19 heavy (non-hydrogen) atoms. The highest BCUT2D eigenvalue weighted by atomic mass is 32.1. The van der Waals surface area contributed by atoms with Crippen molar-refractivity contribution in [3.8, 4) is 0 Å². The molecular formula is C16H28N2S. The van der Waals surface area contributed by atoms with E-state index in [4.69, 9.17) is 12.2 Å². The monoisotopic (exact) mass is 280 g/mol. The van der Waals surface area contributed by atoms with Gasteiger partial charge in [0.05, 0.1) is 0 Å². The van der Waals surface area contributed by atoms with Gasteiger partial charge in [-0.3, -0.25) is 0 Å². The van der Waals surface area contributed by atoms with Crippen LogP contribution in [0.5, 0.6) is 0 Å². The molecule has 3 saturated carbocycles. The molecule has 3 fully saturated rings. The predicted octanol–water partition coefficient (Wildman–Crippen LogP) is 3.46. The van der Waals surface area contributed by atoms with Crippen LogP contribution in [0.4, 0.5) is 0 Å². The molecule has 0 aromatic carbocycles. The van der Waals surface area contributed by atoms with Crippen LogP contribution in [0.15, 0.2) is 0 Å². The van der Waals surface area contributed by atoms with Gasteiger partial charge < -0.3 is 10.6 Å². The molecule has 0 radical (unpaired) electrons. The Kier molecular flexibility index (Phi) is 4.02. The van der Waals surface area contributed by atoms with Gasteiger partial charge >= 0.3 is 0 Å². The fourth-order valence-corrected chi connectivity index (χ4v) is 4.89. The lowest BCUT2D eigenvalue weighted by atomic mass is 9.78. The molecule has 6 atom stereocenters. The molecular weight excluding hydrogens is 252 g/mol. The SMILES string of the molecule is C[C@@H]1[C@H](C)CCC[C@@H]1NC(=S)N[C@H]1C[C@H]2CC[C@H]1C2. The summed E-state index contributed by atoms with van der Waals surface area (Å²) in [6, 6.07) is 1.25. The van der Waals surface area contributed by atoms with Crippen molar-refractivity contribution >= 4 is 17.3 Å². The lowest BCUT2D eigenvalue weighted by Crippen LogP contribution is -2.51. The Balaban J connectivity index is 1.48. The van der Waals surface area contributed by atoms with Crippen molar-refractivity contribution in [1.29, 1.82) is 0 Å². The number of hydrogen-bond acceptors (Lipinski definition) is 1. The zero-order chi connectivity index (χ0) is 13.4. The normalized spacial score (nSPS) is 45.2. The molecule has 3 aliphatic carbocycles. The van der Waals surface area contributed by atoms with E-state index in [9.17, 15) is 0 Å². The minimum Gasteiger partial charge on any atom is -0.360 e. The fraction of sp³-hybridized carbons (Fsp3) is 0.938. The van der Waals surface area contributed by atoms with Gasteiger partial charge in [0.25, 0.3) is 0 Å². The summed E-state index contributed by atoms with van der Waals surface area (Å²) in [5.74, 6) is 3.46. The molecule has 0 amide bonds. The molecule has 2 nitrogen and oxygen atoms in total. The van der Waals surface area contributed by atoms with Gasteiger partial charge in [0, 0.05) is 12.1 Å². The Hall–Kier alpha value is -0.310. The van der Waals surface area contributed by atoms with Gasteiger partial charge in [0.2, 0.25) is 0 Å². The second kappa shape index (κ2) is 5.59. The first-order chi connectivity index (χ1) is 9.13. The van der Waals surface area contributed by atoms with Crippen molar-refractivity contribution in [3.63, 3.8) is 0 Å². The third-order valence-electron chi connectivity index (χ3n) is 6.08. The third kappa shape index (κ3) is 2.91. The van der Waals surface area contributed by atoms with Gasteiger partial charge in [0.15, 0.2) is 5.11 Å². The summed E-state index contributed by atoms with van der Waals surface area (Å²) in [4.78, 5) is 0. The Labute approximate surface area is 123 Å². The summed E-state index contributed by atoms with van der Waals surface area (Å²) in [5, 5.41) is 8.14. The standard InChI is InChI=1S/C16H28N2S/c1-10-4-3-5-14(11(10)2)17-16(19)18-15-9-12-6-7-13(15)8-12/h10-15H,3-9H2,1-2H3,(H2,17,18,19)/t10-,11-,12+,13+,14+,15+/m1/s1. The van der Waals surface area contributed by atoms with Crippen LogP contribution in [0.1, 0.15) is 58.8 Å². The Morgan fingerprint density at radius 1 is 0.947 bits per heavy atom. The Morgan fingerprint density at radius 3 is 2.42 bits per heavy atom. The van der Waals surface area contributed by atoms with Gasteiger partial charge in [-0.25, -0.2) is 0 Å². The summed E-state index contributed by atoms with van der Waals surface area (Å²) in [6.07, 6.45) is 9.68. The number of nitrogens with one attached hydrogen (secondary N) is 2. The molecule has 2 bridgehead atoms. The maximum absolute atomic E-state index is 5.56. The van der Waals surface area contributed by atoms with Gasteiger partial charge in [0.1, 0.15) is 0 Å². The molecule has 3 heteroatoms. The number of thiocarbonyl (C=S) groups is 1. The highest BCUT2D eigenvalue weighted by molar-refractivity contribution is 7.80. The van der Waals surface area contributed by atoms with E-state index >= 15 is 0 Å². The van der Waals surface area contributed by atoms with E-state index in [1.54, 1.807) is 0 Å². The van der Waals surface area contributed by atoms with Crippen molar-refractivity contribution in [2.45, 2.75) is 70.9 Å². The van der Waals surface area contributed by atoms with Crippen LogP contribution in [-0.2, 0) is 0 Å². The van der Waals surface area contributed by atoms with Crippen LogP contribution in [0.25, 0.3) is 0 Å². The van der Waals surface area contributed by atoms with Gasteiger partial charge in [-0.2, -0.15) is 0 Å². The lowest BCUT2D eigenvalue weighted by Gasteiger charge is -2.36. The molecule has 0 aromatic heterocycles. The highest BCUT2D eigenvalue weighted by Gasteiger charge is 2.40. The molecule has 108 valence electrons. The van der Waals surface area contributed by atoms with E-state index in [1.165, 1.54) is 44.9 Å². The molecule has 0 saturated heterocycles. The quantitative estimate of drug-likeness (QED) is 0.758. The molecule has 2 N–H and O–H groups in total. The smallest absolute Gasteiger partial charge is 0.166 e. The summed E-state index contributed by atoms with van der Waals surface area (Å²) >= 11 is 5.56. The number of rotatable bonds is 2. The molecule has 0 aliphatic heterocycles. The van der Waals surface area contributed by atoms with E-state index in [2.05, 4.69) is 24.5 Å². The molecule has 3 aliphatic rings. The van der Waals surface area contributed by atoms with Gasteiger partial charge in [-0.15, -0.1) is 0 Å². The van der Waals surface area contributed by atoms with Crippen LogP contribution in [0.2, 0.25) is 0 Å². The van der Waals surface area contributed by atoms with E-state index in [1.807, 2.05) is 0 Å². The molecule has 0 unspecified atom stereocenters. The summed E-state index contributed by atoms with van der Waals surface area (Å²) in [6.45, 7) is 4.76. The van der Waals surface area contributed by atoms with Crippen LogP contribution < -0.4 is 10.6 Å². The Morgan fingerprint density at radius 2 is 1.74 bits per heavy atom. The molecule has 0 spiro atoms. The van der Waals surface area contributed by atoms with Crippen LogP contribution in [-0.4, -0.2) is 17.2 Å². The van der Waals surface area contributed by atoms with Gasteiger partial charge in [-0.1, -0.05) is 33.1 Å². The minimum atomic E-state index is 0.586. The molecule has 0 heterocycles. The Bertz CT molecular complexity index is 344. The van der Waals surface area contributed by atoms with Crippen LogP contribution >= 0.6 is 12.2 Å². The number of fused-ring (bicyclic) bond motifs is 2. The topological polar surface area (TPSA) is 24.1 Å². The zero-order valence-electron chi connectivity index (χ0n) is 12.3. The van der Waals surface area contributed by atoms with Crippen molar-refractivity contribution < 1.29 is 0 Å². The maximum Gasteiger partial charge on any atom is 0.166 e. The van der Waals surface area contributed by atoms with Crippen molar-refractivity contribution in [3.05, 3.63) is 0 Å². The van der Waals surface area contributed by atoms with E-state index in [-0.39, 0.29) is 0 Å². The van der Waals surface area contributed by atoms with Crippen LogP contribution in [0.3, 0.4) is 0 Å².